The van der Waals surface area contributed by atoms with Gasteiger partial charge in [-0.15, -0.1) is 0 Å². The molecule has 0 unspecified atom stereocenters. The van der Waals surface area contributed by atoms with Gasteiger partial charge in [-0.05, 0) is 55.2 Å². The number of imidazole rings is 1. The predicted molar refractivity (Wildman–Crippen MR) is 129 cm³/mol. The van der Waals surface area contributed by atoms with Crippen LogP contribution in [-0.4, -0.2) is 39.1 Å². The van der Waals surface area contributed by atoms with E-state index in [1.54, 1.807) is 18.2 Å². The molecule has 0 radical (unpaired) electrons. The summed E-state index contributed by atoms with van der Waals surface area (Å²) in [4.78, 5) is 26.0. The van der Waals surface area contributed by atoms with E-state index in [0.29, 0.717) is 34.1 Å². The van der Waals surface area contributed by atoms with Crippen LogP contribution in [0.1, 0.15) is 35.7 Å². The molecule has 8 heteroatoms. The molecule has 2 N–H and O–H groups in total. The van der Waals surface area contributed by atoms with Gasteiger partial charge in [0, 0.05) is 24.3 Å². The third-order valence-corrected chi connectivity index (χ3v) is 6.21. The molecule has 1 fully saturated rings. The van der Waals surface area contributed by atoms with Gasteiger partial charge in [-0.2, -0.15) is 4.98 Å². The highest BCUT2D eigenvalue weighted by molar-refractivity contribution is 6.33. The molecule has 4 aromatic rings. The molecule has 33 heavy (non-hydrogen) atoms. The average molecular weight is 463 g/mol. The van der Waals surface area contributed by atoms with Gasteiger partial charge in [0.15, 0.2) is 5.65 Å². The first-order chi connectivity index (χ1) is 16.0. The SMILES string of the molecule is CCc1ccc(Oc2nc3nc(-c4ccc(N5CCCC5)cc4)c(Cl)cc3[nH]2)cc1C(=O)O. The Labute approximate surface area is 196 Å². The van der Waals surface area contributed by atoms with Crippen molar-refractivity contribution < 1.29 is 14.6 Å². The van der Waals surface area contributed by atoms with Crippen molar-refractivity contribution in [1.82, 2.24) is 15.0 Å². The summed E-state index contributed by atoms with van der Waals surface area (Å²) in [5.74, 6) is -0.608. The van der Waals surface area contributed by atoms with Crippen LogP contribution in [0.2, 0.25) is 5.02 Å². The lowest BCUT2D eigenvalue weighted by molar-refractivity contribution is 0.0695. The summed E-state index contributed by atoms with van der Waals surface area (Å²) >= 11 is 6.54. The van der Waals surface area contributed by atoms with Gasteiger partial charge in [0.05, 0.1) is 21.8 Å². The number of rotatable bonds is 6. The first-order valence-corrected chi connectivity index (χ1v) is 11.4. The number of carboxylic acid groups (broad SMARTS) is 1. The number of carboxylic acids is 1. The van der Waals surface area contributed by atoms with Crippen LogP contribution in [0.5, 0.6) is 11.8 Å². The Kier molecular flexibility index (Phi) is 5.64. The summed E-state index contributed by atoms with van der Waals surface area (Å²) in [6, 6.07) is 15.2. The maximum absolute atomic E-state index is 11.5. The highest BCUT2D eigenvalue weighted by atomic mass is 35.5. The van der Waals surface area contributed by atoms with Crippen LogP contribution in [0.25, 0.3) is 22.4 Å². The Bertz CT molecular complexity index is 1330. The summed E-state index contributed by atoms with van der Waals surface area (Å²) in [5, 5.41) is 9.95. The molecule has 7 nitrogen and oxygen atoms in total. The lowest BCUT2D eigenvalue weighted by atomic mass is 10.1. The highest BCUT2D eigenvalue weighted by Crippen LogP contribution is 2.32. The monoisotopic (exact) mass is 462 g/mol. The van der Waals surface area contributed by atoms with E-state index in [0.717, 1.165) is 24.2 Å². The van der Waals surface area contributed by atoms with Crippen molar-refractivity contribution >= 4 is 34.4 Å². The molecular weight excluding hydrogens is 440 g/mol. The van der Waals surface area contributed by atoms with Gasteiger partial charge >= 0.3 is 12.0 Å². The Balaban J connectivity index is 1.42. The third-order valence-electron chi connectivity index (χ3n) is 5.92. The smallest absolute Gasteiger partial charge is 0.336 e. The fourth-order valence-electron chi connectivity index (χ4n) is 4.19. The molecule has 1 saturated heterocycles. The van der Waals surface area contributed by atoms with E-state index < -0.39 is 5.97 Å². The lowest BCUT2D eigenvalue weighted by Crippen LogP contribution is -2.17. The molecule has 2 aromatic carbocycles. The normalized spacial score (nSPS) is 13.6. The second-order valence-electron chi connectivity index (χ2n) is 8.05. The maximum Gasteiger partial charge on any atom is 0.336 e. The molecule has 2 aromatic heterocycles. The number of nitrogens with one attached hydrogen (secondary N) is 1. The Morgan fingerprint density at radius 1 is 1.12 bits per heavy atom. The summed E-state index contributed by atoms with van der Waals surface area (Å²) in [7, 11) is 0. The molecule has 0 bridgehead atoms. The van der Waals surface area contributed by atoms with Crippen molar-refractivity contribution in [2.24, 2.45) is 0 Å². The first kappa shape index (κ1) is 21.3. The zero-order chi connectivity index (χ0) is 22.9. The fraction of sp³-hybridized carbons (Fsp3) is 0.240. The summed E-state index contributed by atoms with van der Waals surface area (Å²) in [6.45, 7) is 4.10. The van der Waals surface area contributed by atoms with E-state index in [1.165, 1.54) is 24.6 Å². The number of nitrogens with zero attached hydrogens (tertiary/aromatic N) is 3. The molecule has 3 heterocycles. The molecule has 0 atom stereocenters. The molecule has 1 aliphatic rings. The minimum atomic E-state index is -0.990. The molecule has 0 spiro atoms. The van der Waals surface area contributed by atoms with Crippen molar-refractivity contribution in [2.45, 2.75) is 26.2 Å². The number of anilines is 1. The molecule has 5 rings (SSSR count). The number of aromatic carboxylic acids is 1. The standard InChI is InChI=1S/C25H23ClN4O3/c1-2-15-7-10-18(13-19(15)24(31)32)33-25-27-21-14-20(26)22(28-23(21)29-25)16-5-8-17(9-6-16)30-11-3-4-12-30/h5-10,13-14H,2-4,11-12H2,1H3,(H,31,32)(H,27,28,29). The zero-order valence-corrected chi connectivity index (χ0v) is 18.9. The summed E-state index contributed by atoms with van der Waals surface area (Å²) in [5.41, 5.74) is 4.83. The average Bonchev–Trinajstić information content (AvgIpc) is 3.48. The number of pyridine rings is 1. The number of aromatic amines is 1. The van der Waals surface area contributed by atoms with Gasteiger partial charge in [-0.25, -0.2) is 9.78 Å². The number of hydrogen-bond donors (Lipinski definition) is 2. The van der Waals surface area contributed by atoms with E-state index >= 15 is 0 Å². The van der Waals surface area contributed by atoms with E-state index in [-0.39, 0.29) is 11.6 Å². The van der Waals surface area contributed by atoms with Gasteiger partial charge in [0.1, 0.15) is 5.75 Å². The topological polar surface area (TPSA) is 91.3 Å². The number of benzene rings is 2. The van der Waals surface area contributed by atoms with Crippen LogP contribution in [0, 0.1) is 0 Å². The van der Waals surface area contributed by atoms with Gasteiger partial charge in [0.25, 0.3) is 0 Å². The molecule has 0 amide bonds. The van der Waals surface area contributed by atoms with Gasteiger partial charge in [-0.1, -0.05) is 36.7 Å². The van der Waals surface area contributed by atoms with Crippen LogP contribution in [0.3, 0.4) is 0 Å². The fourth-order valence-corrected chi connectivity index (χ4v) is 4.45. The van der Waals surface area contributed by atoms with Crippen molar-refractivity contribution in [2.75, 3.05) is 18.0 Å². The third kappa shape index (κ3) is 4.24. The van der Waals surface area contributed by atoms with Gasteiger partial charge < -0.3 is 19.7 Å². The van der Waals surface area contributed by atoms with E-state index in [1.807, 2.05) is 19.1 Å². The first-order valence-electron chi connectivity index (χ1n) is 11.0. The number of halogens is 1. The number of H-pyrrole nitrogens is 1. The minimum Gasteiger partial charge on any atom is -0.478 e. The van der Waals surface area contributed by atoms with Crippen LogP contribution < -0.4 is 9.64 Å². The van der Waals surface area contributed by atoms with Crippen LogP contribution in [-0.2, 0) is 6.42 Å². The predicted octanol–water partition coefficient (Wildman–Crippen LogP) is 5.93. The Morgan fingerprint density at radius 2 is 1.88 bits per heavy atom. The number of aryl methyl sites for hydroxylation is 1. The quantitative estimate of drug-likeness (QED) is 0.369. The zero-order valence-electron chi connectivity index (χ0n) is 18.1. The molecule has 168 valence electrons. The number of hydrogen-bond acceptors (Lipinski definition) is 5. The van der Waals surface area contributed by atoms with Gasteiger partial charge in [0.2, 0.25) is 0 Å². The Hall–Kier alpha value is -3.58. The van der Waals surface area contributed by atoms with Crippen molar-refractivity contribution in [3.8, 4) is 23.0 Å². The van der Waals surface area contributed by atoms with Crippen molar-refractivity contribution in [3.05, 3.63) is 64.7 Å². The molecule has 0 aliphatic carbocycles. The largest absolute Gasteiger partial charge is 0.478 e. The van der Waals surface area contributed by atoms with Crippen LogP contribution >= 0.6 is 11.6 Å². The van der Waals surface area contributed by atoms with Crippen molar-refractivity contribution in [1.29, 1.82) is 0 Å². The molecule has 1 aliphatic heterocycles. The number of aromatic nitrogens is 3. The van der Waals surface area contributed by atoms with Crippen LogP contribution in [0.15, 0.2) is 48.5 Å². The molecule has 0 saturated carbocycles. The lowest BCUT2D eigenvalue weighted by Gasteiger charge is -2.17. The summed E-state index contributed by atoms with van der Waals surface area (Å²) < 4.78 is 5.79. The minimum absolute atomic E-state index is 0.215. The van der Waals surface area contributed by atoms with Crippen molar-refractivity contribution in [3.63, 3.8) is 0 Å². The van der Waals surface area contributed by atoms with E-state index in [4.69, 9.17) is 16.3 Å². The summed E-state index contributed by atoms with van der Waals surface area (Å²) in [6.07, 6.45) is 3.09. The number of carbonyl (C=O) groups is 1. The number of fused-ring (bicyclic) bond motifs is 1. The second kappa shape index (κ2) is 8.75. The second-order valence-corrected chi connectivity index (χ2v) is 8.46. The molecular formula is C25H23ClN4O3. The highest BCUT2D eigenvalue weighted by Gasteiger charge is 2.16. The number of ether oxygens (including phenoxy) is 1. The van der Waals surface area contributed by atoms with E-state index in [2.05, 4.69) is 32.0 Å². The van der Waals surface area contributed by atoms with Gasteiger partial charge in [-0.3, -0.25) is 0 Å². The van der Waals surface area contributed by atoms with Crippen LogP contribution in [0.4, 0.5) is 5.69 Å². The maximum atomic E-state index is 11.5. The Morgan fingerprint density at radius 3 is 2.58 bits per heavy atom. The van der Waals surface area contributed by atoms with E-state index in [9.17, 15) is 9.90 Å².